The van der Waals surface area contributed by atoms with Crippen LogP contribution in [0.15, 0.2) is 0 Å². The molecule has 1 rings (SSSR count). The predicted octanol–water partition coefficient (Wildman–Crippen LogP) is 0.938. The summed E-state index contributed by atoms with van der Waals surface area (Å²) in [6.45, 7) is 3.67. The van der Waals surface area contributed by atoms with Crippen LogP contribution in [0.2, 0.25) is 0 Å². The lowest BCUT2D eigenvalue weighted by molar-refractivity contribution is 0.0688. The highest BCUT2D eigenvalue weighted by Gasteiger charge is 2.13. The van der Waals surface area contributed by atoms with Gasteiger partial charge >= 0.3 is 5.97 Å². The number of hydrogen-bond acceptors (Lipinski definition) is 4. The molecule has 0 saturated heterocycles. The maximum Gasteiger partial charge on any atom is 0.354 e. The number of carbonyl (C=O) groups is 1. The zero-order chi connectivity index (χ0) is 10.7. The van der Waals surface area contributed by atoms with Crippen molar-refractivity contribution < 1.29 is 14.6 Å². The molecule has 0 saturated carbocycles. The molecule has 0 aliphatic heterocycles. The SMILES string of the molecule is COCc1nc(C)c(C)c(C(=O)O)n1. The van der Waals surface area contributed by atoms with Crippen LogP contribution in [0.1, 0.15) is 27.6 Å². The summed E-state index contributed by atoms with van der Waals surface area (Å²) in [5, 5.41) is 8.85. The Morgan fingerprint density at radius 2 is 2.07 bits per heavy atom. The molecular weight excluding hydrogens is 184 g/mol. The fourth-order valence-electron chi connectivity index (χ4n) is 1.09. The van der Waals surface area contributed by atoms with Crippen molar-refractivity contribution in [3.8, 4) is 0 Å². The maximum absolute atomic E-state index is 10.8. The van der Waals surface area contributed by atoms with Crippen LogP contribution < -0.4 is 0 Å². The average molecular weight is 196 g/mol. The lowest BCUT2D eigenvalue weighted by Gasteiger charge is -2.06. The van der Waals surface area contributed by atoms with Gasteiger partial charge in [0.2, 0.25) is 0 Å². The van der Waals surface area contributed by atoms with Crippen LogP contribution in [-0.2, 0) is 11.3 Å². The normalized spacial score (nSPS) is 10.2. The van der Waals surface area contributed by atoms with E-state index in [-0.39, 0.29) is 12.3 Å². The van der Waals surface area contributed by atoms with E-state index in [0.29, 0.717) is 17.1 Å². The first kappa shape index (κ1) is 10.6. The van der Waals surface area contributed by atoms with E-state index >= 15 is 0 Å². The van der Waals surface area contributed by atoms with Crippen LogP contribution >= 0.6 is 0 Å². The predicted molar refractivity (Wildman–Crippen MR) is 49.2 cm³/mol. The summed E-state index contributed by atoms with van der Waals surface area (Å²) in [5.41, 5.74) is 1.31. The number of aromatic carboxylic acids is 1. The Morgan fingerprint density at radius 1 is 1.43 bits per heavy atom. The number of nitrogens with zero attached hydrogens (tertiary/aromatic N) is 2. The van der Waals surface area contributed by atoms with Gasteiger partial charge in [0.25, 0.3) is 0 Å². The van der Waals surface area contributed by atoms with Gasteiger partial charge in [-0.15, -0.1) is 0 Å². The molecule has 5 heteroatoms. The van der Waals surface area contributed by atoms with E-state index < -0.39 is 5.97 Å². The molecule has 76 valence electrons. The van der Waals surface area contributed by atoms with Crippen molar-refractivity contribution in [1.82, 2.24) is 9.97 Å². The third-order valence-corrected chi connectivity index (χ3v) is 1.91. The number of hydrogen-bond donors (Lipinski definition) is 1. The number of aromatic nitrogens is 2. The molecule has 0 spiro atoms. The van der Waals surface area contributed by atoms with Gasteiger partial charge < -0.3 is 9.84 Å². The minimum Gasteiger partial charge on any atom is -0.477 e. The van der Waals surface area contributed by atoms with E-state index in [1.165, 1.54) is 7.11 Å². The molecular formula is C9H12N2O3. The lowest BCUT2D eigenvalue weighted by Crippen LogP contribution is -2.10. The first-order valence-corrected chi connectivity index (χ1v) is 4.12. The Kier molecular flexibility index (Phi) is 3.14. The number of ether oxygens (including phenoxy) is 1. The second-order valence-corrected chi connectivity index (χ2v) is 2.94. The van der Waals surface area contributed by atoms with Crippen molar-refractivity contribution in [3.05, 3.63) is 22.8 Å². The summed E-state index contributed by atoms with van der Waals surface area (Å²) in [7, 11) is 1.51. The molecule has 0 amide bonds. The number of methoxy groups -OCH3 is 1. The smallest absolute Gasteiger partial charge is 0.354 e. The van der Waals surface area contributed by atoms with Gasteiger partial charge in [-0.05, 0) is 13.8 Å². The molecule has 0 bridgehead atoms. The lowest BCUT2D eigenvalue weighted by atomic mass is 10.2. The maximum atomic E-state index is 10.8. The van der Waals surface area contributed by atoms with Crippen LogP contribution in [0.3, 0.4) is 0 Å². The van der Waals surface area contributed by atoms with Gasteiger partial charge in [0.05, 0.1) is 0 Å². The highest BCUT2D eigenvalue weighted by Crippen LogP contribution is 2.09. The second-order valence-electron chi connectivity index (χ2n) is 2.94. The average Bonchev–Trinajstić information content (AvgIpc) is 2.11. The van der Waals surface area contributed by atoms with Crippen LogP contribution in [0.4, 0.5) is 0 Å². The van der Waals surface area contributed by atoms with Crippen LogP contribution in [0, 0.1) is 13.8 Å². The van der Waals surface area contributed by atoms with E-state index in [2.05, 4.69) is 9.97 Å². The highest BCUT2D eigenvalue weighted by atomic mass is 16.5. The van der Waals surface area contributed by atoms with Crippen LogP contribution in [0.25, 0.3) is 0 Å². The van der Waals surface area contributed by atoms with Crippen molar-refractivity contribution in [2.75, 3.05) is 7.11 Å². The molecule has 1 aromatic heterocycles. The van der Waals surface area contributed by atoms with Crippen molar-refractivity contribution in [3.63, 3.8) is 0 Å². The summed E-state index contributed by atoms with van der Waals surface area (Å²) in [5.74, 6) is -0.640. The van der Waals surface area contributed by atoms with Gasteiger partial charge in [-0.1, -0.05) is 0 Å². The number of rotatable bonds is 3. The van der Waals surface area contributed by atoms with Gasteiger partial charge in [-0.3, -0.25) is 0 Å². The number of carboxylic acids is 1. The van der Waals surface area contributed by atoms with Gasteiger partial charge in [0.15, 0.2) is 11.5 Å². The third-order valence-electron chi connectivity index (χ3n) is 1.91. The zero-order valence-corrected chi connectivity index (χ0v) is 8.37. The van der Waals surface area contributed by atoms with Gasteiger partial charge in [0, 0.05) is 18.4 Å². The zero-order valence-electron chi connectivity index (χ0n) is 8.37. The monoisotopic (exact) mass is 196 g/mol. The first-order chi connectivity index (χ1) is 6.56. The molecule has 0 fully saturated rings. The summed E-state index contributed by atoms with van der Waals surface area (Å²) < 4.78 is 4.84. The fourth-order valence-corrected chi connectivity index (χ4v) is 1.09. The Hall–Kier alpha value is -1.49. The summed E-state index contributed by atoms with van der Waals surface area (Å²) in [4.78, 5) is 18.8. The summed E-state index contributed by atoms with van der Waals surface area (Å²) >= 11 is 0. The minimum atomic E-state index is -1.04. The Balaban J connectivity index is 3.21. The molecule has 0 atom stereocenters. The summed E-state index contributed by atoms with van der Waals surface area (Å²) in [6.07, 6.45) is 0. The van der Waals surface area contributed by atoms with Crippen molar-refractivity contribution in [2.24, 2.45) is 0 Å². The van der Waals surface area contributed by atoms with E-state index in [9.17, 15) is 4.79 Å². The Morgan fingerprint density at radius 3 is 2.57 bits per heavy atom. The van der Waals surface area contributed by atoms with E-state index in [4.69, 9.17) is 9.84 Å². The number of aryl methyl sites for hydroxylation is 1. The van der Waals surface area contributed by atoms with Crippen LogP contribution in [-0.4, -0.2) is 28.2 Å². The Bertz CT molecular complexity index is 363. The molecule has 1 N–H and O–H groups in total. The Labute approximate surface area is 81.8 Å². The van der Waals surface area contributed by atoms with Crippen LogP contribution in [0.5, 0.6) is 0 Å². The molecule has 1 heterocycles. The third kappa shape index (κ3) is 2.05. The van der Waals surface area contributed by atoms with Crippen molar-refractivity contribution >= 4 is 5.97 Å². The minimum absolute atomic E-state index is 0.0459. The van der Waals surface area contributed by atoms with Crippen molar-refractivity contribution in [1.29, 1.82) is 0 Å². The van der Waals surface area contributed by atoms with E-state index in [0.717, 1.165) is 0 Å². The van der Waals surface area contributed by atoms with Gasteiger partial charge in [-0.25, -0.2) is 14.8 Å². The molecule has 0 unspecified atom stereocenters. The molecule has 1 aromatic rings. The molecule has 0 aromatic carbocycles. The highest BCUT2D eigenvalue weighted by molar-refractivity contribution is 5.87. The van der Waals surface area contributed by atoms with E-state index in [1.807, 2.05) is 0 Å². The molecule has 0 aliphatic carbocycles. The summed E-state index contributed by atoms with van der Waals surface area (Å²) in [6, 6.07) is 0. The topological polar surface area (TPSA) is 72.3 Å². The van der Waals surface area contributed by atoms with Gasteiger partial charge in [0.1, 0.15) is 6.61 Å². The second kappa shape index (κ2) is 4.15. The molecule has 5 nitrogen and oxygen atoms in total. The van der Waals surface area contributed by atoms with E-state index in [1.54, 1.807) is 13.8 Å². The molecule has 0 aliphatic rings. The van der Waals surface area contributed by atoms with Gasteiger partial charge in [-0.2, -0.15) is 0 Å². The molecule has 14 heavy (non-hydrogen) atoms. The quantitative estimate of drug-likeness (QED) is 0.778. The fraction of sp³-hybridized carbons (Fsp3) is 0.444. The largest absolute Gasteiger partial charge is 0.477 e. The first-order valence-electron chi connectivity index (χ1n) is 4.12. The number of carboxylic acid groups (broad SMARTS) is 1. The van der Waals surface area contributed by atoms with Crippen molar-refractivity contribution in [2.45, 2.75) is 20.5 Å². The molecule has 0 radical (unpaired) electrons. The standard InChI is InChI=1S/C9H12N2O3/c1-5-6(2)10-7(4-14-3)11-8(5)9(12)13/h4H2,1-3H3,(H,12,13).